The van der Waals surface area contributed by atoms with Gasteiger partial charge in [-0.15, -0.1) is 0 Å². The summed E-state index contributed by atoms with van der Waals surface area (Å²) in [6.07, 6.45) is 4.78. The van der Waals surface area contributed by atoms with Crippen molar-refractivity contribution in [1.82, 2.24) is 9.97 Å². The molecule has 1 N–H and O–H groups in total. The van der Waals surface area contributed by atoms with Crippen LogP contribution in [-0.4, -0.2) is 21.0 Å². The van der Waals surface area contributed by atoms with Gasteiger partial charge in [0.1, 0.15) is 0 Å². The summed E-state index contributed by atoms with van der Waals surface area (Å²) in [6, 6.07) is 5.12. The Kier molecular flexibility index (Phi) is 2.64. The molecule has 0 amide bonds. The van der Waals surface area contributed by atoms with E-state index < -0.39 is 5.97 Å². The molecule has 0 spiro atoms. The standard InChI is InChI=1S/C12H10N2O2/c1-8-4-5-13-7-10(8)11-3-2-9(6-14-11)12(15)16/h2-7H,1H3,(H,15,16). The zero-order valence-corrected chi connectivity index (χ0v) is 8.71. The number of pyridine rings is 2. The minimum Gasteiger partial charge on any atom is -0.478 e. The summed E-state index contributed by atoms with van der Waals surface area (Å²) in [7, 11) is 0. The van der Waals surface area contributed by atoms with Crippen LogP contribution in [0.1, 0.15) is 15.9 Å². The molecule has 0 radical (unpaired) electrons. The van der Waals surface area contributed by atoms with E-state index in [1.807, 2.05) is 13.0 Å². The monoisotopic (exact) mass is 214 g/mol. The predicted molar refractivity (Wildman–Crippen MR) is 59.2 cm³/mol. The third-order valence-electron chi connectivity index (χ3n) is 2.33. The van der Waals surface area contributed by atoms with Gasteiger partial charge in [0.15, 0.2) is 0 Å². The highest BCUT2D eigenvalue weighted by atomic mass is 16.4. The van der Waals surface area contributed by atoms with Crippen molar-refractivity contribution < 1.29 is 9.90 Å². The van der Waals surface area contributed by atoms with E-state index >= 15 is 0 Å². The first-order valence-corrected chi connectivity index (χ1v) is 4.79. The molecule has 0 aliphatic rings. The molecule has 0 bridgehead atoms. The molecular formula is C12H10N2O2. The smallest absolute Gasteiger partial charge is 0.337 e. The first-order valence-electron chi connectivity index (χ1n) is 4.79. The zero-order chi connectivity index (χ0) is 11.5. The highest BCUT2D eigenvalue weighted by molar-refractivity contribution is 5.87. The van der Waals surface area contributed by atoms with E-state index in [4.69, 9.17) is 5.11 Å². The minimum absolute atomic E-state index is 0.185. The number of carboxylic acid groups (broad SMARTS) is 1. The molecule has 16 heavy (non-hydrogen) atoms. The van der Waals surface area contributed by atoms with Crippen LogP contribution in [0.5, 0.6) is 0 Å². The molecule has 0 atom stereocenters. The van der Waals surface area contributed by atoms with E-state index in [0.29, 0.717) is 0 Å². The van der Waals surface area contributed by atoms with E-state index in [1.165, 1.54) is 12.3 Å². The van der Waals surface area contributed by atoms with Gasteiger partial charge in [-0.25, -0.2) is 4.79 Å². The van der Waals surface area contributed by atoms with Crippen LogP contribution < -0.4 is 0 Å². The number of carbonyl (C=O) groups is 1. The summed E-state index contributed by atoms with van der Waals surface area (Å²) in [6.45, 7) is 1.96. The average molecular weight is 214 g/mol. The molecule has 2 aromatic rings. The van der Waals surface area contributed by atoms with Crippen LogP contribution in [-0.2, 0) is 0 Å². The van der Waals surface area contributed by atoms with Crippen molar-refractivity contribution in [2.45, 2.75) is 6.92 Å². The third-order valence-corrected chi connectivity index (χ3v) is 2.33. The summed E-state index contributed by atoms with van der Waals surface area (Å²) in [5, 5.41) is 8.75. The second-order valence-corrected chi connectivity index (χ2v) is 3.43. The van der Waals surface area contributed by atoms with Crippen LogP contribution in [0.4, 0.5) is 0 Å². The molecular weight excluding hydrogens is 204 g/mol. The van der Waals surface area contributed by atoms with Crippen molar-refractivity contribution in [3.05, 3.63) is 47.9 Å². The average Bonchev–Trinajstić information content (AvgIpc) is 2.30. The Balaban J connectivity index is 2.43. The largest absolute Gasteiger partial charge is 0.478 e. The summed E-state index contributed by atoms with van der Waals surface area (Å²) < 4.78 is 0. The number of aryl methyl sites for hydroxylation is 1. The molecule has 2 rings (SSSR count). The number of hydrogen-bond acceptors (Lipinski definition) is 3. The number of aromatic carboxylic acids is 1. The Bertz CT molecular complexity index is 521. The Morgan fingerprint density at radius 1 is 1.25 bits per heavy atom. The Morgan fingerprint density at radius 3 is 2.62 bits per heavy atom. The number of aromatic nitrogens is 2. The van der Waals surface area contributed by atoms with Crippen LogP contribution in [0.3, 0.4) is 0 Å². The van der Waals surface area contributed by atoms with Gasteiger partial charge >= 0.3 is 5.97 Å². The normalized spacial score (nSPS) is 10.1. The van der Waals surface area contributed by atoms with Gasteiger partial charge in [-0.1, -0.05) is 0 Å². The van der Waals surface area contributed by atoms with E-state index in [1.54, 1.807) is 18.5 Å². The maximum Gasteiger partial charge on any atom is 0.337 e. The number of carboxylic acids is 1. The summed E-state index contributed by atoms with van der Waals surface area (Å²) in [5.41, 5.74) is 2.89. The lowest BCUT2D eigenvalue weighted by Gasteiger charge is -2.03. The first kappa shape index (κ1) is 10.3. The van der Waals surface area contributed by atoms with Gasteiger partial charge in [-0.3, -0.25) is 9.97 Å². The van der Waals surface area contributed by atoms with Gasteiger partial charge in [0.25, 0.3) is 0 Å². The fraction of sp³-hybridized carbons (Fsp3) is 0.0833. The highest BCUT2D eigenvalue weighted by Gasteiger charge is 2.06. The molecule has 0 aliphatic heterocycles. The highest BCUT2D eigenvalue weighted by Crippen LogP contribution is 2.19. The molecule has 4 heteroatoms. The molecule has 0 saturated heterocycles. The number of rotatable bonds is 2. The second kappa shape index (κ2) is 4.10. The Hall–Kier alpha value is -2.23. The molecule has 0 aliphatic carbocycles. The summed E-state index contributed by atoms with van der Waals surface area (Å²) in [5.74, 6) is -0.970. The van der Waals surface area contributed by atoms with Gasteiger partial charge in [-0.05, 0) is 30.7 Å². The number of hydrogen-bond donors (Lipinski definition) is 1. The quantitative estimate of drug-likeness (QED) is 0.831. The van der Waals surface area contributed by atoms with Crippen molar-refractivity contribution in [2.24, 2.45) is 0 Å². The van der Waals surface area contributed by atoms with Crippen molar-refractivity contribution in [2.75, 3.05) is 0 Å². The van der Waals surface area contributed by atoms with Gasteiger partial charge in [0.05, 0.1) is 11.3 Å². The molecule has 0 unspecified atom stereocenters. The van der Waals surface area contributed by atoms with Gasteiger partial charge in [0, 0.05) is 24.2 Å². The lowest BCUT2D eigenvalue weighted by Crippen LogP contribution is -1.97. The van der Waals surface area contributed by atoms with Crippen LogP contribution in [0.2, 0.25) is 0 Å². The van der Waals surface area contributed by atoms with E-state index in [2.05, 4.69) is 9.97 Å². The van der Waals surface area contributed by atoms with Crippen molar-refractivity contribution in [3.63, 3.8) is 0 Å². The molecule has 0 saturated carbocycles. The summed E-state index contributed by atoms with van der Waals surface area (Å²) >= 11 is 0. The second-order valence-electron chi connectivity index (χ2n) is 3.43. The SMILES string of the molecule is Cc1ccncc1-c1ccc(C(=O)O)cn1. The van der Waals surface area contributed by atoms with Crippen molar-refractivity contribution in [3.8, 4) is 11.3 Å². The van der Waals surface area contributed by atoms with E-state index in [9.17, 15) is 4.79 Å². The van der Waals surface area contributed by atoms with Gasteiger partial charge in [-0.2, -0.15) is 0 Å². The van der Waals surface area contributed by atoms with Crippen molar-refractivity contribution in [1.29, 1.82) is 0 Å². The van der Waals surface area contributed by atoms with E-state index in [-0.39, 0.29) is 5.56 Å². The van der Waals surface area contributed by atoms with Crippen LogP contribution in [0.25, 0.3) is 11.3 Å². The van der Waals surface area contributed by atoms with Gasteiger partial charge < -0.3 is 5.11 Å². The fourth-order valence-corrected chi connectivity index (χ4v) is 1.41. The third kappa shape index (κ3) is 1.91. The summed E-state index contributed by atoms with van der Waals surface area (Å²) in [4.78, 5) is 18.8. The van der Waals surface area contributed by atoms with E-state index in [0.717, 1.165) is 16.8 Å². The molecule has 0 aromatic carbocycles. The lowest BCUT2D eigenvalue weighted by molar-refractivity contribution is 0.0696. The zero-order valence-electron chi connectivity index (χ0n) is 8.71. The Morgan fingerprint density at radius 2 is 2.06 bits per heavy atom. The maximum atomic E-state index is 10.7. The fourth-order valence-electron chi connectivity index (χ4n) is 1.41. The molecule has 4 nitrogen and oxygen atoms in total. The lowest BCUT2D eigenvalue weighted by atomic mass is 10.1. The molecule has 2 aromatic heterocycles. The predicted octanol–water partition coefficient (Wildman–Crippen LogP) is 2.15. The topological polar surface area (TPSA) is 63.1 Å². The maximum absolute atomic E-state index is 10.7. The van der Waals surface area contributed by atoms with Crippen LogP contribution >= 0.6 is 0 Å². The first-order chi connectivity index (χ1) is 7.68. The number of nitrogens with zero attached hydrogens (tertiary/aromatic N) is 2. The Labute approximate surface area is 92.6 Å². The van der Waals surface area contributed by atoms with Crippen LogP contribution in [0.15, 0.2) is 36.8 Å². The molecule has 0 fully saturated rings. The van der Waals surface area contributed by atoms with Crippen LogP contribution in [0, 0.1) is 6.92 Å². The molecule has 2 heterocycles. The van der Waals surface area contributed by atoms with Gasteiger partial charge in [0.2, 0.25) is 0 Å². The minimum atomic E-state index is -0.970. The molecule has 80 valence electrons. The van der Waals surface area contributed by atoms with Crippen molar-refractivity contribution >= 4 is 5.97 Å².